The van der Waals surface area contributed by atoms with Crippen LogP contribution in [-0.2, 0) is 0 Å². The quantitative estimate of drug-likeness (QED) is 0.714. The van der Waals surface area contributed by atoms with Crippen molar-refractivity contribution in [1.29, 1.82) is 0 Å². The molecular formula is C12H18F2N2O. The third kappa shape index (κ3) is 3.30. The zero-order valence-electron chi connectivity index (χ0n) is 10.2. The van der Waals surface area contributed by atoms with Gasteiger partial charge in [-0.15, -0.1) is 0 Å². The SMILES string of the molecule is CC(O)C(C)(C)Nc1ccc(N)cc1C(F)F. The van der Waals surface area contributed by atoms with Gasteiger partial charge in [0.1, 0.15) is 0 Å². The van der Waals surface area contributed by atoms with Crippen LogP contribution in [0.25, 0.3) is 0 Å². The van der Waals surface area contributed by atoms with Gasteiger partial charge >= 0.3 is 0 Å². The highest BCUT2D eigenvalue weighted by Gasteiger charge is 2.25. The van der Waals surface area contributed by atoms with Gasteiger partial charge in [0, 0.05) is 16.9 Å². The van der Waals surface area contributed by atoms with Crippen LogP contribution < -0.4 is 11.1 Å². The number of halogens is 2. The van der Waals surface area contributed by atoms with Gasteiger partial charge in [0.15, 0.2) is 0 Å². The summed E-state index contributed by atoms with van der Waals surface area (Å²) in [7, 11) is 0. The van der Waals surface area contributed by atoms with Crippen LogP contribution in [-0.4, -0.2) is 16.7 Å². The van der Waals surface area contributed by atoms with E-state index in [9.17, 15) is 13.9 Å². The van der Waals surface area contributed by atoms with Crippen molar-refractivity contribution >= 4 is 11.4 Å². The number of aliphatic hydroxyl groups excluding tert-OH is 1. The molecule has 0 saturated heterocycles. The summed E-state index contributed by atoms with van der Waals surface area (Å²) in [5, 5.41) is 12.5. The first kappa shape index (κ1) is 13.7. The second-order valence-corrected chi connectivity index (χ2v) is 4.67. The zero-order valence-corrected chi connectivity index (χ0v) is 10.2. The summed E-state index contributed by atoms with van der Waals surface area (Å²) in [6.07, 6.45) is -3.28. The summed E-state index contributed by atoms with van der Waals surface area (Å²) in [5.41, 5.74) is 5.21. The van der Waals surface area contributed by atoms with Crippen LogP contribution in [0.4, 0.5) is 20.2 Å². The molecule has 1 aromatic rings. The number of nitrogens with one attached hydrogen (secondary N) is 1. The fraction of sp³-hybridized carbons (Fsp3) is 0.500. The summed E-state index contributed by atoms with van der Waals surface area (Å²) >= 11 is 0. The number of alkyl halides is 2. The van der Waals surface area contributed by atoms with Gasteiger partial charge in [0.2, 0.25) is 0 Å². The van der Waals surface area contributed by atoms with Gasteiger partial charge in [0.25, 0.3) is 6.43 Å². The van der Waals surface area contributed by atoms with Crippen LogP contribution in [0.3, 0.4) is 0 Å². The second-order valence-electron chi connectivity index (χ2n) is 4.67. The van der Waals surface area contributed by atoms with E-state index in [4.69, 9.17) is 5.73 Å². The number of rotatable bonds is 4. The lowest BCUT2D eigenvalue weighted by atomic mass is 9.97. The highest BCUT2D eigenvalue weighted by molar-refractivity contribution is 5.59. The summed E-state index contributed by atoms with van der Waals surface area (Å²) in [4.78, 5) is 0. The van der Waals surface area contributed by atoms with E-state index in [-0.39, 0.29) is 5.56 Å². The number of anilines is 2. The van der Waals surface area contributed by atoms with Gasteiger partial charge in [-0.3, -0.25) is 0 Å². The molecule has 3 nitrogen and oxygen atoms in total. The molecule has 0 radical (unpaired) electrons. The first-order valence-corrected chi connectivity index (χ1v) is 5.38. The summed E-state index contributed by atoms with van der Waals surface area (Å²) in [5.74, 6) is 0. The molecule has 1 rings (SSSR count). The van der Waals surface area contributed by atoms with Crippen molar-refractivity contribution in [1.82, 2.24) is 0 Å². The van der Waals surface area contributed by atoms with Crippen molar-refractivity contribution in [2.75, 3.05) is 11.1 Å². The molecular weight excluding hydrogens is 226 g/mol. The Morgan fingerprint density at radius 1 is 1.35 bits per heavy atom. The minimum Gasteiger partial charge on any atom is -0.399 e. The van der Waals surface area contributed by atoms with Crippen molar-refractivity contribution < 1.29 is 13.9 Å². The third-order valence-electron chi connectivity index (χ3n) is 2.81. The molecule has 0 spiro atoms. The molecule has 0 bridgehead atoms. The minimum absolute atomic E-state index is 0.154. The van der Waals surface area contributed by atoms with E-state index < -0.39 is 18.1 Å². The van der Waals surface area contributed by atoms with Gasteiger partial charge in [-0.05, 0) is 39.0 Å². The molecule has 4 N–H and O–H groups in total. The third-order valence-corrected chi connectivity index (χ3v) is 2.81. The Balaban J connectivity index is 3.06. The molecule has 0 heterocycles. The van der Waals surface area contributed by atoms with E-state index in [1.165, 1.54) is 12.1 Å². The van der Waals surface area contributed by atoms with E-state index in [2.05, 4.69) is 5.32 Å². The van der Waals surface area contributed by atoms with Gasteiger partial charge in [-0.1, -0.05) is 0 Å². The number of hydrogen-bond acceptors (Lipinski definition) is 3. The highest BCUT2D eigenvalue weighted by Crippen LogP contribution is 2.31. The molecule has 0 amide bonds. The smallest absolute Gasteiger partial charge is 0.265 e. The monoisotopic (exact) mass is 244 g/mol. The lowest BCUT2D eigenvalue weighted by Gasteiger charge is -2.31. The normalized spacial score (nSPS) is 13.8. The Morgan fingerprint density at radius 3 is 2.41 bits per heavy atom. The standard InChI is InChI=1S/C12H18F2N2O/c1-7(17)12(2,3)16-10-5-4-8(15)6-9(10)11(13)14/h4-7,11,16-17H,15H2,1-3H3. The Hall–Kier alpha value is -1.36. The van der Waals surface area contributed by atoms with E-state index in [0.29, 0.717) is 11.4 Å². The summed E-state index contributed by atoms with van der Waals surface area (Å²) < 4.78 is 25.7. The summed E-state index contributed by atoms with van der Waals surface area (Å²) in [6.45, 7) is 5.08. The number of aliphatic hydroxyl groups is 1. The van der Waals surface area contributed by atoms with E-state index in [1.807, 2.05) is 0 Å². The Labute approximate surface area is 99.6 Å². The van der Waals surface area contributed by atoms with E-state index in [0.717, 1.165) is 0 Å². The number of nitrogens with two attached hydrogens (primary N) is 1. The average Bonchev–Trinajstić information content (AvgIpc) is 2.19. The van der Waals surface area contributed by atoms with Crippen LogP contribution >= 0.6 is 0 Å². The van der Waals surface area contributed by atoms with Crippen molar-refractivity contribution in [3.63, 3.8) is 0 Å². The van der Waals surface area contributed by atoms with Crippen molar-refractivity contribution in [3.05, 3.63) is 23.8 Å². The van der Waals surface area contributed by atoms with Crippen LogP contribution in [0.1, 0.15) is 32.8 Å². The Kier molecular flexibility index (Phi) is 3.93. The first-order valence-electron chi connectivity index (χ1n) is 5.38. The lowest BCUT2D eigenvalue weighted by Crippen LogP contribution is -2.42. The Morgan fingerprint density at radius 2 is 1.94 bits per heavy atom. The zero-order chi connectivity index (χ0) is 13.2. The predicted molar refractivity (Wildman–Crippen MR) is 65.2 cm³/mol. The molecule has 0 aliphatic heterocycles. The Bertz CT molecular complexity index is 392. The number of nitrogen functional groups attached to an aromatic ring is 1. The average molecular weight is 244 g/mol. The van der Waals surface area contributed by atoms with Crippen molar-refractivity contribution in [2.24, 2.45) is 0 Å². The molecule has 0 aliphatic rings. The maximum absolute atomic E-state index is 12.8. The topological polar surface area (TPSA) is 58.3 Å². The molecule has 1 aromatic carbocycles. The largest absolute Gasteiger partial charge is 0.399 e. The molecule has 0 fully saturated rings. The van der Waals surface area contributed by atoms with Crippen LogP contribution in [0.15, 0.2) is 18.2 Å². The van der Waals surface area contributed by atoms with Crippen LogP contribution in [0.5, 0.6) is 0 Å². The predicted octanol–water partition coefficient (Wildman–Crippen LogP) is 2.78. The minimum atomic E-state index is -2.61. The first-order chi connectivity index (χ1) is 7.74. The van der Waals surface area contributed by atoms with E-state index >= 15 is 0 Å². The molecule has 0 aliphatic carbocycles. The molecule has 0 saturated carbocycles. The van der Waals surface area contributed by atoms with Gasteiger partial charge in [0.05, 0.1) is 11.6 Å². The van der Waals surface area contributed by atoms with Gasteiger partial charge in [-0.2, -0.15) is 0 Å². The van der Waals surface area contributed by atoms with Gasteiger partial charge in [-0.25, -0.2) is 8.78 Å². The highest BCUT2D eigenvalue weighted by atomic mass is 19.3. The molecule has 96 valence electrons. The number of benzene rings is 1. The number of hydrogen-bond donors (Lipinski definition) is 3. The van der Waals surface area contributed by atoms with E-state index in [1.54, 1.807) is 26.8 Å². The molecule has 1 atom stereocenters. The van der Waals surface area contributed by atoms with Gasteiger partial charge < -0.3 is 16.2 Å². The maximum atomic E-state index is 12.8. The van der Waals surface area contributed by atoms with Crippen LogP contribution in [0.2, 0.25) is 0 Å². The fourth-order valence-electron chi connectivity index (χ4n) is 1.33. The summed E-state index contributed by atoms with van der Waals surface area (Å²) in [6, 6.07) is 4.29. The van der Waals surface area contributed by atoms with Crippen molar-refractivity contribution in [2.45, 2.75) is 38.8 Å². The molecule has 5 heteroatoms. The molecule has 0 aromatic heterocycles. The fourth-order valence-corrected chi connectivity index (χ4v) is 1.33. The maximum Gasteiger partial charge on any atom is 0.265 e. The molecule has 17 heavy (non-hydrogen) atoms. The van der Waals surface area contributed by atoms with Crippen LogP contribution in [0, 0.1) is 0 Å². The molecule has 1 unspecified atom stereocenters. The lowest BCUT2D eigenvalue weighted by molar-refractivity contribution is 0.131. The van der Waals surface area contributed by atoms with Crippen molar-refractivity contribution in [3.8, 4) is 0 Å². The second kappa shape index (κ2) is 4.87.